The summed E-state index contributed by atoms with van der Waals surface area (Å²) < 4.78 is 12.2. The number of aromatic carboxylic acids is 1. The lowest BCUT2D eigenvalue weighted by Gasteiger charge is -2.07. The molecule has 12 heteroatoms. The molecule has 0 aliphatic carbocycles. The fourth-order valence-corrected chi connectivity index (χ4v) is 3.90. The molecule has 0 aliphatic heterocycles. The Bertz CT molecular complexity index is 1540. The molecule has 0 fully saturated rings. The molecule has 4 heterocycles. The number of nitrogens with zero attached hydrogens (tertiary/aromatic N) is 5. The summed E-state index contributed by atoms with van der Waals surface area (Å²) in [5.41, 5.74) is 0.486. The van der Waals surface area contributed by atoms with Crippen molar-refractivity contribution in [3.63, 3.8) is 0 Å². The molecule has 5 aromatic rings. The lowest BCUT2D eigenvalue weighted by atomic mass is 10.2. The molecule has 4 aromatic heterocycles. The van der Waals surface area contributed by atoms with Crippen LogP contribution in [-0.2, 0) is 6.61 Å². The fraction of sp³-hybridized carbons (Fsp3) is 0.0476. The third-order valence-electron chi connectivity index (χ3n) is 4.58. The van der Waals surface area contributed by atoms with E-state index in [0.29, 0.717) is 21.8 Å². The molecule has 0 atom stereocenters. The van der Waals surface area contributed by atoms with Crippen molar-refractivity contribution >= 4 is 28.3 Å². The van der Waals surface area contributed by atoms with Gasteiger partial charge in [-0.3, -0.25) is 4.98 Å². The van der Waals surface area contributed by atoms with Crippen molar-refractivity contribution in [2.24, 2.45) is 0 Å². The second-order valence-corrected chi connectivity index (χ2v) is 7.74. The van der Waals surface area contributed by atoms with E-state index in [1.165, 1.54) is 23.0 Å². The monoisotopic (exact) mass is 463 g/mol. The van der Waals surface area contributed by atoms with Crippen LogP contribution in [0.1, 0.15) is 15.4 Å². The number of benzene rings is 1. The number of carbonyl (C=O) groups is 1. The Morgan fingerprint density at radius 3 is 2.88 bits per heavy atom. The number of pyridine rings is 1. The first kappa shape index (κ1) is 20.3. The number of aromatic hydroxyl groups is 1. The van der Waals surface area contributed by atoms with Crippen LogP contribution in [0.15, 0.2) is 64.1 Å². The molecule has 33 heavy (non-hydrogen) atoms. The molecule has 0 unspecified atom stereocenters. The molecular weight excluding hydrogens is 450 g/mol. The van der Waals surface area contributed by atoms with Gasteiger partial charge in [-0.2, -0.15) is 4.98 Å². The van der Waals surface area contributed by atoms with Crippen LogP contribution in [0.25, 0.3) is 27.4 Å². The van der Waals surface area contributed by atoms with Crippen molar-refractivity contribution in [3.05, 3.63) is 75.8 Å². The van der Waals surface area contributed by atoms with E-state index < -0.39 is 11.6 Å². The van der Waals surface area contributed by atoms with E-state index in [2.05, 4.69) is 20.3 Å². The number of thiazole rings is 1. The van der Waals surface area contributed by atoms with Gasteiger partial charge in [-0.1, -0.05) is 11.3 Å². The Labute approximate surface area is 188 Å². The minimum atomic E-state index is -1.19. The van der Waals surface area contributed by atoms with Crippen molar-refractivity contribution in [1.82, 2.24) is 25.0 Å². The van der Waals surface area contributed by atoms with Gasteiger partial charge in [0.1, 0.15) is 28.6 Å². The highest BCUT2D eigenvalue weighted by molar-refractivity contribution is 7.17. The Balaban J connectivity index is 1.46. The molecule has 1 aromatic carbocycles. The van der Waals surface area contributed by atoms with E-state index in [9.17, 15) is 19.8 Å². The predicted molar refractivity (Wildman–Crippen MR) is 116 cm³/mol. The first-order valence-corrected chi connectivity index (χ1v) is 10.3. The summed E-state index contributed by atoms with van der Waals surface area (Å²) >= 11 is 0.942. The van der Waals surface area contributed by atoms with E-state index >= 15 is 0 Å². The molecular formula is C21H13N5O6S. The summed E-state index contributed by atoms with van der Waals surface area (Å²) in [5, 5.41) is 27.8. The summed E-state index contributed by atoms with van der Waals surface area (Å²) in [5.74, 6) is -1.30. The number of ether oxygens (including phenoxy) is 1. The standard InChI is InChI=1S/C21H13N5O6S/c27-13-5-4-11-7-15(21(30)32-16(11)8-13)26-12(9-23-25-26)10-31-18-17(20(28)29)33-19(24-18)14-3-1-2-6-22-14/h1-9,27H,10H2,(H,28,29). The topological polar surface area (TPSA) is 153 Å². The maximum absolute atomic E-state index is 12.5. The first-order chi connectivity index (χ1) is 16.0. The number of aromatic nitrogens is 5. The van der Waals surface area contributed by atoms with E-state index in [0.717, 1.165) is 11.3 Å². The molecule has 0 amide bonds. The highest BCUT2D eigenvalue weighted by Crippen LogP contribution is 2.32. The Morgan fingerprint density at radius 2 is 2.09 bits per heavy atom. The molecule has 164 valence electrons. The number of fused-ring (bicyclic) bond motifs is 1. The minimum absolute atomic E-state index is 0.0317. The molecule has 0 saturated carbocycles. The van der Waals surface area contributed by atoms with Gasteiger partial charge in [-0.05, 0) is 30.3 Å². The van der Waals surface area contributed by atoms with Crippen LogP contribution in [0.4, 0.5) is 0 Å². The van der Waals surface area contributed by atoms with Gasteiger partial charge in [0, 0.05) is 17.6 Å². The number of carboxylic acid groups (broad SMARTS) is 1. The zero-order chi connectivity index (χ0) is 22.9. The molecule has 2 N–H and O–H groups in total. The highest BCUT2D eigenvalue weighted by Gasteiger charge is 2.21. The van der Waals surface area contributed by atoms with Gasteiger partial charge in [0.15, 0.2) is 10.6 Å². The van der Waals surface area contributed by atoms with Gasteiger partial charge in [0.25, 0.3) is 0 Å². The van der Waals surface area contributed by atoms with Gasteiger partial charge >= 0.3 is 11.6 Å². The number of hydrogen-bond donors (Lipinski definition) is 2. The number of phenols is 1. The van der Waals surface area contributed by atoms with Crippen LogP contribution < -0.4 is 10.4 Å². The average molecular weight is 463 g/mol. The van der Waals surface area contributed by atoms with Gasteiger partial charge < -0.3 is 19.4 Å². The van der Waals surface area contributed by atoms with Gasteiger partial charge in [0.2, 0.25) is 5.88 Å². The quantitative estimate of drug-likeness (QED) is 0.359. The number of rotatable bonds is 6. The summed E-state index contributed by atoms with van der Waals surface area (Å²) in [4.78, 5) is 32.5. The molecule has 0 saturated heterocycles. The fourth-order valence-electron chi connectivity index (χ4n) is 3.07. The molecule has 0 spiro atoms. The number of hydrogen-bond acceptors (Lipinski definition) is 10. The maximum atomic E-state index is 12.5. The SMILES string of the molecule is O=C(O)c1sc(-c2ccccn2)nc1OCc1cnnn1-c1cc2ccc(O)cc2oc1=O. The highest BCUT2D eigenvalue weighted by atomic mass is 32.1. The predicted octanol–water partition coefficient (Wildman–Crippen LogP) is 2.88. The normalized spacial score (nSPS) is 11.0. The van der Waals surface area contributed by atoms with E-state index in [1.807, 2.05) is 0 Å². The summed E-state index contributed by atoms with van der Waals surface area (Å²) in [6, 6.07) is 11.2. The van der Waals surface area contributed by atoms with Crippen LogP contribution in [0.2, 0.25) is 0 Å². The van der Waals surface area contributed by atoms with Crippen LogP contribution >= 0.6 is 11.3 Å². The molecule has 5 rings (SSSR count). The zero-order valence-corrected chi connectivity index (χ0v) is 17.4. The van der Waals surface area contributed by atoms with Crippen molar-refractivity contribution < 1.29 is 24.2 Å². The lowest BCUT2D eigenvalue weighted by Crippen LogP contribution is -2.15. The van der Waals surface area contributed by atoms with Gasteiger partial charge in [-0.25, -0.2) is 14.3 Å². The van der Waals surface area contributed by atoms with Crippen molar-refractivity contribution in [3.8, 4) is 28.0 Å². The largest absolute Gasteiger partial charge is 0.508 e. The second kappa shape index (κ2) is 8.16. The minimum Gasteiger partial charge on any atom is -0.508 e. The molecule has 0 bridgehead atoms. The lowest BCUT2D eigenvalue weighted by molar-refractivity contribution is 0.0696. The molecule has 0 aliphatic rings. The molecule has 11 nitrogen and oxygen atoms in total. The van der Waals surface area contributed by atoms with E-state index in [1.54, 1.807) is 36.5 Å². The van der Waals surface area contributed by atoms with Crippen LogP contribution in [0.3, 0.4) is 0 Å². The smallest absolute Gasteiger partial charge is 0.362 e. The van der Waals surface area contributed by atoms with Gasteiger partial charge in [-0.15, -0.1) is 16.4 Å². The Hall–Kier alpha value is -4.58. The summed E-state index contributed by atoms with van der Waals surface area (Å²) in [6.07, 6.45) is 2.96. The van der Waals surface area contributed by atoms with Crippen LogP contribution in [-0.4, -0.2) is 41.1 Å². The van der Waals surface area contributed by atoms with Crippen LogP contribution in [0, 0.1) is 0 Å². The van der Waals surface area contributed by atoms with E-state index in [4.69, 9.17) is 9.15 Å². The van der Waals surface area contributed by atoms with E-state index in [-0.39, 0.29) is 34.4 Å². The number of carboxylic acids is 1. The Morgan fingerprint density at radius 1 is 1.21 bits per heavy atom. The zero-order valence-electron chi connectivity index (χ0n) is 16.6. The van der Waals surface area contributed by atoms with Crippen LogP contribution in [0.5, 0.6) is 11.6 Å². The van der Waals surface area contributed by atoms with Gasteiger partial charge in [0.05, 0.1) is 11.9 Å². The van der Waals surface area contributed by atoms with Crippen molar-refractivity contribution in [1.29, 1.82) is 0 Å². The third-order valence-corrected chi connectivity index (χ3v) is 5.63. The van der Waals surface area contributed by atoms with Crippen molar-refractivity contribution in [2.75, 3.05) is 0 Å². The Kier molecular flexibility index (Phi) is 5.03. The average Bonchev–Trinajstić information content (AvgIpc) is 3.45. The maximum Gasteiger partial charge on any atom is 0.362 e. The number of phenolic OH excluding ortho intramolecular Hbond substituents is 1. The summed E-state index contributed by atoms with van der Waals surface area (Å²) in [6.45, 7) is -0.161. The molecule has 0 radical (unpaired) electrons. The summed E-state index contributed by atoms with van der Waals surface area (Å²) in [7, 11) is 0. The second-order valence-electron chi connectivity index (χ2n) is 6.74. The first-order valence-electron chi connectivity index (χ1n) is 9.45. The third kappa shape index (κ3) is 3.90. The van der Waals surface area contributed by atoms with Crippen molar-refractivity contribution in [2.45, 2.75) is 6.61 Å².